The van der Waals surface area contributed by atoms with Gasteiger partial charge in [0.15, 0.2) is 0 Å². The lowest BCUT2D eigenvalue weighted by atomic mass is 10.2. The molecule has 0 aromatic carbocycles. The predicted octanol–water partition coefficient (Wildman–Crippen LogP) is 0.798. The number of aliphatic hydroxyl groups excluding tert-OH is 1. The Hall–Kier alpha value is -0.160. The van der Waals surface area contributed by atoms with Crippen molar-refractivity contribution >= 4 is 0 Å². The van der Waals surface area contributed by atoms with Crippen molar-refractivity contribution in [3.05, 3.63) is 0 Å². The highest BCUT2D eigenvalue weighted by molar-refractivity contribution is 4.79. The average molecular weight is 256 g/mol. The molecular weight excluding hydrogens is 228 g/mol. The van der Waals surface area contributed by atoms with Gasteiger partial charge in [-0.2, -0.15) is 0 Å². The lowest BCUT2D eigenvalue weighted by molar-refractivity contribution is -0.0777. The zero-order chi connectivity index (χ0) is 13.1. The Kier molecular flexibility index (Phi) is 5.01. The van der Waals surface area contributed by atoms with Crippen molar-refractivity contribution in [2.75, 3.05) is 39.8 Å². The summed E-state index contributed by atoms with van der Waals surface area (Å²) in [6, 6.07) is 0. The summed E-state index contributed by atoms with van der Waals surface area (Å²) in [7, 11) is 2.12. The van der Waals surface area contributed by atoms with Crippen LogP contribution in [0.5, 0.6) is 0 Å². The first-order valence-electron chi connectivity index (χ1n) is 7.27. The standard InChI is InChI=1S/C14H28N2O2/c1-11-6-16(7-12(2)18-11)10-14(17)9-15(3)8-13-4-5-13/h11-14,17H,4-10H2,1-3H3/t11-,12-,14+/m1/s1. The van der Waals surface area contributed by atoms with Gasteiger partial charge >= 0.3 is 0 Å². The van der Waals surface area contributed by atoms with E-state index in [1.54, 1.807) is 0 Å². The number of hydrogen-bond acceptors (Lipinski definition) is 4. The van der Waals surface area contributed by atoms with Crippen LogP contribution < -0.4 is 0 Å². The average Bonchev–Trinajstić information content (AvgIpc) is 2.98. The molecular formula is C14H28N2O2. The van der Waals surface area contributed by atoms with Crippen molar-refractivity contribution in [2.24, 2.45) is 5.92 Å². The molecule has 0 bridgehead atoms. The quantitative estimate of drug-likeness (QED) is 0.762. The monoisotopic (exact) mass is 256 g/mol. The minimum atomic E-state index is -0.244. The van der Waals surface area contributed by atoms with Crippen molar-refractivity contribution in [1.82, 2.24) is 9.80 Å². The molecule has 1 saturated heterocycles. The van der Waals surface area contributed by atoms with Gasteiger partial charge in [0.1, 0.15) is 0 Å². The first-order valence-corrected chi connectivity index (χ1v) is 7.27. The van der Waals surface area contributed by atoms with E-state index >= 15 is 0 Å². The van der Waals surface area contributed by atoms with Crippen LogP contribution in [0, 0.1) is 5.92 Å². The van der Waals surface area contributed by atoms with Crippen LogP contribution in [0.2, 0.25) is 0 Å². The molecule has 0 unspecified atom stereocenters. The summed E-state index contributed by atoms with van der Waals surface area (Å²) in [4.78, 5) is 4.60. The minimum Gasteiger partial charge on any atom is -0.390 e. The fourth-order valence-electron chi connectivity index (χ4n) is 2.96. The van der Waals surface area contributed by atoms with Gasteiger partial charge in [-0.3, -0.25) is 4.90 Å². The third-order valence-corrected chi connectivity index (χ3v) is 3.75. The van der Waals surface area contributed by atoms with Gasteiger partial charge in [0.2, 0.25) is 0 Å². The van der Waals surface area contributed by atoms with Crippen molar-refractivity contribution in [3.63, 3.8) is 0 Å². The number of rotatable bonds is 6. The molecule has 0 aromatic rings. The number of aliphatic hydroxyl groups is 1. The zero-order valence-electron chi connectivity index (χ0n) is 12.0. The Balaban J connectivity index is 1.67. The van der Waals surface area contributed by atoms with Crippen LogP contribution in [0.1, 0.15) is 26.7 Å². The molecule has 0 spiro atoms. The van der Waals surface area contributed by atoms with E-state index in [1.165, 1.54) is 12.8 Å². The van der Waals surface area contributed by atoms with Crippen LogP contribution in [0.3, 0.4) is 0 Å². The third kappa shape index (κ3) is 4.84. The molecule has 4 nitrogen and oxygen atoms in total. The number of hydrogen-bond donors (Lipinski definition) is 1. The summed E-state index contributed by atoms with van der Waals surface area (Å²) >= 11 is 0. The highest BCUT2D eigenvalue weighted by Gasteiger charge is 2.26. The van der Waals surface area contributed by atoms with Crippen molar-refractivity contribution in [3.8, 4) is 0 Å². The van der Waals surface area contributed by atoms with Crippen molar-refractivity contribution in [2.45, 2.75) is 45.0 Å². The van der Waals surface area contributed by atoms with Crippen LogP contribution in [0.25, 0.3) is 0 Å². The second kappa shape index (κ2) is 6.33. The molecule has 1 aliphatic carbocycles. The molecule has 0 aromatic heterocycles. The second-order valence-corrected chi connectivity index (χ2v) is 6.29. The van der Waals surface area contributed by atoms with E-state index in [0.717, 1.165) is 38.6 Å². The summed E-state index contributed by atoms with van der Waals surface area (Å²) in [5.41, 5.74) is 0. The molecule has 0 amide bonds. The Morgan fingerprint density at radius 1 is 1.28 bits per heavy atom. The second-order valence-electron chi connectivity index (χ2n) is 6.29. The molecule has 4 heteroatoms. The Bertz CT molecular complexity index is 248. The van der Waals surface area contributed by atoms with E-state index in [0.29, 0.717) is 0 Å². The van der Waals surface area contributed by atoms with E-state index in [4.69, 9.17) is 4.74 Å². The lowest BCUT2D eigenvalue weighted by Crippen LogP contribution is -2.49. The number of likely N-dealkylation sites (N-methyl/N-ethyl adjacent to an activating group) is 1. The van der Waals surface area contributed by atoms with Crippen LogP contribution in [-0.2, 0) is 4.74 Å². The predicted molar refractivity (Wildman–Crippen MR) is 72.7 cm³/mol. The van der Waals surface area contributed by atoms with Gasteiger partial charge in [0, 0.05) is 32.7 Å². The molecule has 1 saturated carbocycles. The van der Waals surface area contributed by atoms with Gasteiger partial charge in [-0.1, -0.05) is 0 Å². The molecule has 1 heterocycles. The zero-order valence-corrected chi connectivity index (χ0v) is 12.0. The molecule has 18 heavy (non-hydrogen) atoms. The SMILES string of the molecule is C[C@@H]1CN(C[C@@H](O)CN(C)CC2CC2)C[C@@H](C)O1. The summed E-state index contributed by atoms with van der Waals surface area (Å²) in [6.07, 6.45) is 3.07. The maximum absolute atomic E-state index is 10.2. The fourth-order valence-corrected chi connectivity index (χ4v) is 2.96. The topological polar surface area (TPSA) is 35.9 Å². The van der Waals surface area contributed by atoms with Gasteiger partial charge in [0.05, 0.1) is 18.3 Å². The molecule has 1 aliphatic heterocycles. The molecule has 2 aliphatic rings. The van der Waals surface area contributed by atoms with Gasteiger partial charge in [-0.15, -0.1) is 0 Å². The maximum Gasteiger partial charge on any atom is 0.0793 e. The maximum atomic E-state index is 10.2. The van der Waals surface area contributed by atoms with E-state index in [9.17, 15) is 5.11 Å². The molecule has 106 valence electrons. The van der Waals surface area contributed by atoms with E-state index < -0.39 is 0 Å². The normalized spacial score (nSPS) is 31.8. The van der Waals surface area contributed by atoms with Crippen LogP contribution >= 0.6 is 0 Å². The summed E-state index contributed by atoms with van der Waals surface area (Å²) in [5, 5.41) is 10.2. The Morgan fingerprint density at radius 3 is 2.44 bits per heavy atom. The molecule has 1 N–H and O–H groups in total. The van der Waals surface area contributed by atoms with Gasteiger partial charge in [0.25, 0.3) is 0 Å². The molecule has 2 rings (SSSR count). The highest BCUT2D eigenvalue weighted by Crippen LogP contribution is 2.29. The van der Waals surface area contributed by atoms with Crippen LogP contribution in [-0.4, -0.2) is 73.0 Å². The Labute approximate surface area is 111 Å². The van der Waals surface area contributed by atoms with Gasteiger partial charge in [-0.05, 0) is 39.7 Å². The first kappa shape index (κ1) is 14.3. The van der Waals surface area contributed by atoms with Gasteiger partial charge in [-0.25, -0.2) is 0 Å². The van der Waals surface area contributed by atoms with Crippen molar-refractivity contribution < 1.29 is 9.84 Å². The van der Waals surface area contributed by atoms with Gasteiger partial charge < -0.3 is 14.7 Å². The fraction of sp³-hybridized carbons (Fsp3) is 1.00. The summed E-state index contributed by atoms with van der Waals surface area (Å²) in [6.45, 7) is 8.79. The van der Waals surface area contributed by atoms with E-state index in [1.807, 2.05) is 0 Å². The minimum absolute atomic E-state index is 0.244. The van der Waals surface area contributed by atoms with E-state index in [-0.39, 0.29) is 18.3 Å². The smallest absolute Gasteiger partial charge is 0.0793 e. The molecule has 0 radical (unpaired) electrons. The largest absolute Gasteiger partial charge is 0.390 e. The molecule has 3 atom stereocenters. The highest BCUT2D eigenvalue weighted by atomic mass is 16.5. The Morgan fingerprint density at radius 2 is 1.89 bits per heavy atom. The lowest BCUT2D eigenvalue weighted by Gasteiger charge is -2.36. The summed E-state index contributed by atoms with van der Waals surface area (Å²) < 4.78 is 5.71. The number of β-amino-alcohol motifs (C(OH)–C–C–N with tert-alkyl or cyclic N) is 1. The van der Waals surface area contributed by atoms with Crippen molar-refractivity contribution in [1.29, 1.82) is 0 Å². The number of nitrogens with zero attached hydrogens (tertiary/aromatic N) is 2. The third-order valence-electron chi connectivity index (χ3n) is 3.75. The van der Waals surface area contributed by atoms with E-state index in [2.05, 4.69) is 30.7 Å². The molecule has 2 fully saturated rings. The van der Waals surface area contributed by atoms with Crippen LogP contribution in [0.15, 0.2) is 0 Å². The van der Waals surface area contributed by atoms with Crippen LogP contribution in [0.4, 0.5) is 0 Å². The number of morpholine rings is 1. The number of ether oxygens (including phenoxy) is 1. The summed E-state index contributed by atoms with van der Waals surface area (Å²) in [5.74, 6) is 0.894. The first-order chi connectivity index (χ1) is 8.52.